The normalized spacial score (nSPS) is 11.2. The van der Waals surface area contributed by atoms with Crippen molar-refractivity contribution in [1.29, 1.82) is 0 Å². The minimum Gasteiger partial charge on any atom is -0.466 e. The molecule has 1 heterocycles. The molecule has 0 saturated heterocycles. The molecule has 0 aliphatic rings. The first-order valence-electron chi connectivity index (χ1n) is 9.35. The summed E-state index contributed by atoms with van der Waals surface area (Å²) in [5.41, 5.74) is 0.586. The lowest BCUT2D eigenvalue weighted by atomic mass is 10.1. The van der Waals surface area contributed by atoms with Crippen molar-refractivity contribution in [2.45, 2.75) is 39.3 Å². The van der Waals surface area contributed by atoms with E-state index in [9.17, 15) is 27.6 Å². The predicted octanol–water partition coefficient (Wildman–Crippen LogP) is 3.33. The van der Waals surface area contributed by atoms with E-state index in [0.717, 1.165) is 10.8 Å². The number of carbonyl (C=O) groups is 3. The zero-order valence-corrected chi connectivity index (χ0v) is 17.2. The first-order valence-corrected chi connectivity index (χ1v) is 9.35. The number of aromatic nitrogens is 2. The Balaban J connectivity index is 2.00. The molecular weight excluding hydrogens is 419 g/mol. The number of anilines is 1. The minimum atomic E-state index is -4.39. The monoisotopic (exact) mass is 441 g/mol. The second-order valence-corrected chi connectivity index (χ2v) is 6.64. The number of nitrogens with zero attached hydrogens (tertiary/aromatic N) is 2. The van der Waals surface area contributed by atoms with Gasteiger partial charge in [0.2, 0.25) is 5.95 Å². The first kappa shape index (κ1) is 23.9. The van der Waals surface area contributed by atoms with Crippen LogP contribution in [-0.4, -0.2) is 40.2 Å². The zero-order chi connectivity index (χ0) is 23.2. The largest absolute Gasteiger partial charge is 0.466 e. The Kier molecular flexibility index (Phi) is 7.78. The average molecular weight is 441 g/mol. The summed E-state index contributed by atoms with van der Waals surface area (Å²) in [7, 11) is 1.37. The summed E-state index contributed by atoms with van der Waals surface area (Å²) in [5, 5.41) is 2.45. The van der Waals surface area contributed by atoms with Crippen molar-refractivity contribution in [1.82, 2.24) is 9.55 Å². The molecule has 2 aromatic rings. The quantitative estimate of drug-likeness (QED) is 0.498. The van der Waals surface area contributed by atoms with Crippen molar-refractivity contribution in [3.05, 3.63) is 41.2 Å². The zero-order valence-electron chi connectivity index (χ0n) is 17.2. The van der Waals surface area contributed by atoms with Crippen LogP contribution < -0.4 is 10.1 Å². The van der Waals surface area contributed by atoms with E-state index >= 15 is 0 Å². The first-order chi connectivity index (χ1) is 14.5. The Morgan fingerprint density at radius 3 is 2.45 bits per heavy atom. The van der Waals surface area contributed by atoms with Crippen molar-refractivity contribution in [2.24, 2.45) is 7.05 Å². The highest BCUT2D eigenvalue weighted by Gasteiger charge is 2.30. The Morgan fingerprint density at radius 2 is 1.84 bits per heavy atom. The van der Waals surface area contributed by atoms with E-state index in [2.05, 4.69) is 10.3 Å². The molecule has 8 nitrogen and oxygen atoms in total. The van der Waals surface area contributed by atoms with Gasteiger partial charge in [-0.25, -0.2) is 4.98 Å². The van der Waals surface area contributed by atoms with Gasteiger partial charge in [0.1, 0.15) is 5.75 Å². The van der Waals surface area contributed by atoms with Gasteiger partial charge in [-0.05, 0) is 37.6 Å². The summed E-state index contributed by atoms with van der Waals surface area (Å²) in [5.74, 6) is -1.53. The maximum absolute atomic E-state index is 12.6. The number of amides is 1. The van der Waals surface area contributed by atoms with Gasteiger partial charge in [-0.2, -0.15) is 13.2 Å². The number of carbonyl (C=O) groups excluding carboxylic acids is 3. The minimum absolute atomic E-state index is 0.0311. The van der Waals surface area contributed by atoms with Gasteiger partial charge in [0.15, 0.2) is 0 Å². The molecule has 31 heavy (non-hydrogen) atoms. The molecule has 11 heteroatoms. The van der Waals surface area contributed by atoms with Crippen molar-refractivity contribution < 1.29 is 37.0 Å². The second-order valence-electron chi connectivity index (χ2n) is 6.64. The van der Waals surface area contributed by atoms with Crippen molar-refractivity contribution in [2.75, 3.05) is 11.9 Å². The Morgan fingerprint density at radius 1 is 1.16 bits per heavy atom. The fourth-order valence-corrected chi connectivity index (χ4v) is 2.62. The number of benzene rings is 1. The van der Waals surface area contributed by atoms with E-state index in [1.165, 1.54) is 25.2 Å². The van der Waals surface area contributed by atoms with E-state index in [4.69, 9.17) is 9.47 Å². The predicted molar refractivity (Wildman–Crippen MR) is 104 cm³/mol. The van der Waals surface area contributed by atoms with Gasteiger partial charge >= 0.3 is 18.1 Å². The molecule has 2 rings (SSSR count). The number of rotatable bonds is 8. The van der Waals surface area contributed by atoms with Crippen LogP contribution in [0.2, 0.25) is 0 Å². The molecule has 0 spiro atoms. The van der Waals surface area contributed by atoms with Crippen LogP contribution in [-0.2, 0) is 27.8 Å². The third-order valence-corrected chi connectivity index (χ3v) is 4.19. The van der Waals surface area contributed by atoms with Gasteiger partial charge in [-0.3, -0.25) is 19.7 Å². The number of alkyl halides is 3. The molecule has 0 bridgehead atoms. The van der Waals surface area contributed by atoms with E-state index in [0.29, 0.717) is 5.56 Å². The van der Waals surface area contributed by atoms with Crippen LogP contribution in [0.4, 0.5) is 19.1 Å². The molecule has 168 valence electrons. The summed E-state index contributed by atoms with van der Waals surface area (Å²) >= 11 is 0. The highest BCUT2D eigenvalue weighted by molar-refractivity contribution is 6.03. The molecule has 1 aromatic heterocycles. The van der Waals surface area contributed by atoms with Crippen molar-refractivity contribution >= 4 is 23.8 Å². The lowest BCUT2D eigenvalue weighted by Crippen LogP contribution is -2.18. The van der Waals surface area contributed by atoms with E-state index in [-0.39, 0.29) is 42.4 Å². The summed E-state index contributed by atoms with van der Waals surface area (Å²) in [6.07, 6.45) is -4.77. The van der Waals surface area contributed by atoms with Crippen LogP contribution in [0.1, 0.15) is 41.4 Å². The van der Waals surface area contributed by atoms with E-state index in [1.54, 1.807) is 13.8 Å². The van der Waals surface area contributed by atoms with Gasteiger partial charge in [0.25, 0.3) is 5.91 Å². The average Bonchev–Trinajstić information content (AvgIpc) is 3.00. The highest BCUT2D eigenvalue weighted by Crippen LogP contribution is 2.23. The van der Waals surface area contributed by atoms with E-state index < -0.39 is 30.4 Å². The van der Waals surface area contributed by atoms with E-state index in [1.807, 2.05) is 0 Å². The number of imidazole rings is 1. The molecule has 0 radical (unpaired) electrons. The Labute approximate surface area is 176 Å². The summed E-state index contributed by atoms with van der Waals surface area (Å²) < 4.78 is 48.8. The van der Waals surface area contributed by atoms with Gasteiger partial charge in [-0.1, -0.05) is 0 Å². The maximum Gasteiger partial charge on any atom is 0.394 e. The number of ether oxygens (including phenoxy) is 2. The number of esters is 2. The lowest BCUT2D eigenvalue weighted by Gasteiger charge is -2.11. The standard InChI is InChI=1S/C20H22F3N3O5/c1-4-30-16(27)7-8-17(28)31-15-6-5-13(9-12(15)2)18(29)25-19-24-11-14(26(19)3)10-20(21,22)23/h5-6,9,11H,4,7-8,10H2,1-3H3,(H,24,25,29). The smallest absolute Gasteiger partial charge is 0.394 e. The van der Waals surface area contributed by atoms with Gasteiger partial charge < -0.3 is 14.0 Å². The van der Waals surface area contributed by atoms with Crippen LogP contribution in [0.25, 0.3) is 0 Å². The molecule has 0 aliphatic heterocycles. The van der Waals surface area contributed by atoms with Crippen LogP contribution in [0.3, 0.4) is 0 Å². The van der Waals surface area contributed by atoms with Crippen LogP contribution in [0.15, 0.2) is 24.4 Å². The van der Waals surface area contributed by atoms with Crippen LogP contribution in [0.5, 0.6) is 5.75 Å². The van der Waals surface area contributed by atoms with Crippen LogP contribution >= 0.6 is 0 Å². The lowest BCUT2D eigenvalue weighted by molar-refractivity contribution is -0.146. The topological polar surface area (TPSA) is 99.5 Å². The summed E-state index contributed by atoms with van der Waals surface area (Å²) in [4.78, 5) is 39.4. The van der Waals surface area contributed by atoms with Crippen molar-refractivity contribution in [3.8, 4) is 5.75 Å². The molecule has 0 aliphatic carbocycles. The second kappa shape index (κ2) is 10.1. The fourth-order valence-electron chi connectivity index (χ4n) is 2.62. The SMILES string of the molecule is CCOC(=O)CCC(=O)Oc1ccc(C(=O)Nc2ncc(CC(F)(F)F)n2C)cc1C. The number of hydrogen-bond donors (Lipinski definition) is 1. The molecule has 0 unspecified atom stereocenters. The number of halogens is 3. The number of nitrogens with one attached hydrogen (secondary N) is 1. The molecule has 0 saturated carbocycles. The summed E-state index contributed by atoms with van der Waals surface area (Å²) in [6, 6.07) is 4.28. The van der Waals surface area contributed by atoms with Gasteiger partial charge in [-0.15, -0.1) is 0 Å². The van der Waals surface area contributed by atoms with Gasteiger partial charge in [0, 0.05) is 18.3 Å². The highest BCUT2D eigenvalue weighted by atomic mass is 19.4. The van der Waals surface area contributed by atoms with Crippen molar-refractivity contribution in [3.63, 3.8) is 0 Å². The Hall–Kier alpha value is -3.37. The Bertz CT molecular complexity index is 969. The maximum atomic E-state index is 12.6. The number of aryl methyl sites for hydroxylation is 1. The molecule has 0 atom stereocenters. The third kappa shape index (κ3) is 7.12. The summed E-state index contributed by atoms with van der Waals surface area (Å²) in [6.45, 7) is 3.50. The molecular formula is C20H22F3N3O5. The fraction of sp³-hybridized carbons (Fsp3) is 0.400. The van der Waals surface area contributed by atoms with Gasteiger partial charge in [0.05, 0.1) is 32.1 Å². The third-order valence-electron chi connectivity index (χ3n) is 4.19. The number of hydrogen-bond acceptors (Lipinski definition) is 6. The molecule has 1 amide bonds. The molecule has 1 aromatic carbocycles. The molecule has 1 N–H and O–H groups in total. The molecule has 0 fully saturated rings. The van der Waals surface area contributed by atoms with Crippen LogP contribution in [0, 0.1) is 6.92 Å².